The molecule has 1 aromatic carbocycles. The van der Waals surface area contributed by atoms with E-state index in [1.54, 1.807) is 11.3 Å². The van der Waals surface area contributed by atoms with E-state index in [2.05, 4.69) is 66.5 Å². The summed E-state index contributed by atoms with van der Waals surface area (Å²) in [6, 6.07) is 15.2. The Balaban J connectivity index is 1.72. The molecule has 0 saturated carbocycles. The van der Waals surface area contributed by atoms with Gasteiger partial charge in [-0.15, -0.1) is 11.3 Å². The fourth-order valence-electron chi connectivity index (χ4n) is 2.30. The zero-order valence-corrected chi connectivity index (χ0v) is 14.8. The van der Waals surface area contributed by atoms with E-state index in [4.69, 9.17) is 12.2 Å². The van der Waals surface area contributed by atoms with Crippen molar-refractivity contribution in [3.05, 3.63) is 58.3 Å². The van der Waals surface area contributed by atoms with Gasteiger partial charge in [-0.25, -0.2) is 0 Å². The van der Waals surface area contributed by atoms with Crippen LogP contribution in [0, 0.1) is 0 Å². The number of likely N-dealkylation sites (N-methyl/N-ethyl adjacent to an activating group) is 1. The summed E-state index contributed by atoms with van der Waals surface area (Å²) in [5, 5.41) is 9.49. The van der Waals surface area contributed by atoms with Crippen molar-refractivity contribution in [1.82, 2.24) is 10.6 Å². The molecule has 0 saturated heterocycles. The molecule has 0 aliphatic heterocycles. The lowest BCUT2D eigenvalue weighted by molar-refractivity contribution is -0.890. The third kappa shape index (κ3) is 5.40. The van der Waals surface area contributed by atoms with Gasteiger partial charge in [-0.2, -0.15) is 0 Å². The van der Waals surface area contributed by atoms with Crippen molar-refractivity contribution in [2.75, 3.05) is 27.2 Å². The quantitative estimate of drug-likeness (QED) is 0.672. The van der Waals surface area contributed by atoms with Gasteiger partial charge >= 0.3 is 0 Å². The van der Waals surface area contributed by atoms with Gasteiger partial charge in [0.1, 0.15) is 6.04 Å². The van der Waals surface area contributed by atoms with Crippen molar-refractivity contribution in [2.24, 2.45) is 0 Å². The minimum absolute atomic E-state index is 0.425. The van der Waals surface area contributed by atoms with Crippen molar-refractivity contribution >= 4 is 28.7 Å². The number of rotatable bonds is 7. The number of quaternary nitrogens is 1. The number of nitrogens with one attached hydrogen (secondary N) is 3. The standard InChI is InChI=1S/C17H23N3S2/c1-20(2)15(16-9-6-12-22-16)13-19-17(21)18-11-10-14-7-4-3-5-8-14/h3-9,12,15H,10-11,13H2,1-2H3,(H2,18,19,21)/p+1/t15-/m0/s1. The van der Waals surface area contributed by atoms with Gasteiger partial charge < -0.3 is 15.5 Å². The molecule has 5 heteroatoms. The zero-order valence-electron chi connectivity index (χ0n) is 13.1. The fourth-order valence-corrected chi connectivity index (χ4v) is 3.44. The maximum atomic E-state index is 5.38. The smallest absolute Gasteiger partial charge is 0.166 e. The SMILES string of the molecule is C[NH+](C)[C@@H](CNC(=S)NCCc1ccccc1)c1cccs1. The summed E-state index contributed by atoms with van der Waals surface area (Å²) in [7, 11) is 4.36. The molecule has 0 aliphatic carbocycles. The van der Waals surface area contributed by atoms with Gasteiger partial charge in [-0.1, -0.05) is 36.4 Å². The Bertz CT molecular complexity index is 553. The number of hydrogen-bond acceptors (Lipinski definition) is 2. The summed E-state index contributed by atoms with van der Waals surface area (Å²) in [6.07, 6.45) is 0.982. The molecule has 0 bridgehead atoms. The second-order valence-corrected chi connectivity index (χ2v) is 6.91. The van der Waals surface area contributed by atoms with E-state index >= 15 is 0 Å². The van der Waals surface area contributed by atoms with E-state index in [-0.39, 0.29) is 0 Å². The van der Waals surface area contributed by atoms with Crippen LogP contribution in [0.15, 0.2) is 47.8 Å². The lowest BCUT2D eigenvalue weighted by atomic mass is 10.1. The van der Waals surface area contributed by atoms with E-state index in [9.17, 15) is 0 Å². The molecule has 0 fully saturated rings. The summed E-state index contributed by atoms with van der Waals surface area (Å²) in [5.41, 5.74) is 1.33. The number of hydrogen-bond donors (Lipinski definition) is 3. The molecule has 3 nitrogen and oxygen atoms in total. The summed E-state index contributed by atoms with van der Waals surface area (Å²) < 4.78 is 0. The third-order valence-corrected chi connectivity index (χ3v) is 4.87. The maximum Gasteiger partial charge on any atom is 0.166 e. The van der Waals surface area contributed by atoms with Crippen LogP contribution in [0.5, 0.6) is 0 Å². The van der Waals surface area contributed by atoms with Gasteiger partial charge in [0.2, 0.25) is 0 Å². The van der Waals surface area contributed by atoms with Gasteiger partial charge in [0.05, 0.1) is 25.5 Å². The lowest BCUT2D eigenvalue weighted by Crippen LogP contribution is -3.06. The molecule has 3 N–H and O–H groups in total. The molecule has 1 aromatic heterocycles. The largest absolute Gasteiger partial charge is 0.362 e. The first kappa shape index (κ1) is 16.9. The minimum Gasteiger partial charge on any atom is -0.362 e. The van der Waals surface area contributed by atoms with Crippen molar-refractivity contribution in [2.45, 2.75) is 12.5 Å². The van der Waals surface area contributed by atoms with Crippen LogP contribution in [-0.2, 0) is 6.42 Å². The predicted molar refractivity (Wildman–Crippen MR) is 98.6 cm³/mol. The molecule has 1 atom stereocenters. The maximum absolute atomic E-state index is 5.38. The number of thiophene rings is 1. The summed E-state index contributed by atoms with van der Waals surface area (Å²) in [5.74, 6) is 0. The van der Waals surface area contributed by atoms with Gasteiger partial charge in [0.25, 0.3) is 0 Å². The van der Waals surface area contributed by atoms with Crippen molar-refractivity contribution < 1.29 is 4.90 Å². The summed E-state index contributed by atoms with van der Waals surface area (Å²) in [4.78, 5) is 2.79. The summed E-state index contributed by atoms with van der Waals surface area (Å²) >= 11 is 7.18. The topological polar surface area (TPSA) is 28.5 Å². The second kappa shape index (κ2) is 8.88. The van der Waals surface area contributed by atoms with Crippen LogP contribution in [0.1, 0.15) is 16.5 Å². The monoisotopic (exact) mass is 334 g/mol. The predicted octanol–water partition coefficient (Wildman–Crippen LogP) is 1.64. The molecule has 0 aliphatic rings. The first-order chi connectivity index (χ1) is 10.7. The molecule has 2 aromatic rings. The third-order valence-electron chi connectivity index (χ3n) is 3.59. The average molecular weight is 335 g/mol. The first-order valence-electron chi connectivity index (χ1n) is 7.56. The lowest BCUT2D eigenvalue weighted by Gasteiger charge is -2.21. The fraction of sp³-hybridized carbons (Fsp3) is 0.353. The highest BCUT2D eigenvalue weighted by atomic mass is 32.1. The van der Waals surface area contributed by atoms with E-state index in [1.165, 1.54) is 15.3 Å². The highest BCUT2D eigenvalue weighted by molar-refractivity contribution is 7.80. The molecule has 0 radical (unpaired) electrons. The Morgan fingerprint density at radius 2 is 1.91 bits per heavy atom. The van der Waals surface area contributed by atoms with Crippen molar-refractivity contribution in [3.8, 4) is 0 Å². The Morgan fingerprint density at radius 1 is 1.14 bits per heavy atom. The van der Waals surface area contributed by atoms with Crippen LogP contribution in [-0.4, -0.2) is 32.3 Å². The molecule has 0 amide bonds. The van der Waals surface area contributed by atoms with E-state index in [1.807, 2.05) is 6.07 Å². The van der Waals surface area contributed by atoms with Crippen LogP contribution >= 0.6 is 23.6 Å². The van der Waals surface area contributed by atoms with Crippen LogP contribution < -0.4 is 15.5 Å². The minimum atomic E-state index is 0.425. The molecule has 1 heterocycles. The normalized spacial score (nSPS) is 12.1. The molecule has 0 unspecified atom stereocenters. The molecule has 0 spiro atoms. The van der Waals surface area contributed by atoms with Crippen LogP contribution in [0.25, 0.3) is 0 Å². The van der Waals surface area contributed by atoms with Crippen LogP contribution in [0.4, 0.5) is 0 Å². The van der Waals surface area contributed by atoms with E-state index in [0.29, 0.717) is 6.04 Å². The van der Waals surface area contributed by atoms with Gasteiger partial charge in [-0.3, -0.25) is 0 Å². The molecule has 22 heavy (non-hydrogen) atoms. The number of thiocarbonyl (C=S) groups is 1. The summed E-state index contributed by atoms with van der Waals surface area (Å²) in [6.45, 7) is 1.70. The Labute approximate surface area is 142 Å². The van der Waals surface area contributed by atoms with Crippen molar-refractivity contribution in [3.63, 3.8) is 0 Å². The Morgan fingerprint density at radius 3 is 2.55 bits per heavy atom. The first-order valence-corrected chi connectivity index (χ1v) is 8.84. The second-order valence-electron chi connectivity index (χ2n) is 5.52. The van der Waals surface area contributed by atoms with E-state index < -0.39 is 0 Å². The van der Waals surface area contributed by atoms with Gasteiger partial charge in [0.15, 0.2) is 5.11 Å². The average Bonchev–Trinajstić information content (AvgIpc) is 3.02. The van der Waals surface area contributed by atoms with Crippen LogP contribution in [0.3, 0.4) is 0 Å². The van der Waals surface area contributed by atoms with Crippen LogP contribution in [0.2, 0.25) is 0 Å². The zero-order chi connectivity index (χ0) is 15.8. The van der Waals surface area contributed by atoms with Gasteiger partial charge in [-0.05, 0) is 35.6 Å². The highest BCUT2D eigenvalue weighted by Gasteiger charge is 2.18. The Hall–Kier alpha value is -1.43. The van der Waals surface area contributed by atoms with Gasteiger partial charge in [0, 0.05) is 6.54 Å². The number of benzene rings is 1. The highest BCUT2D eigenvalue weighted by Crippen LogP contribution is 2.15. The molecule has 118 valence electrons. The molecular weight excluding hydrogens is 310 g/mol. The van der Waals surface area contributed by atoms with Crippen molar-refractivity contribution in [1.29, 1.82) is 0 Å². The molecular formula is C17H24N3S2+. The van der Waals surface area contributed by atoms with E-state index in [0.717, 1.165) is 24.6 Å². The molecule has 2 rings (SSSR count). The Kier molecular flexibility index (Phi) is 6.83.